The second-order valence-corrected chi connectivity index (χ2v) is 5.69. The van der Waals surface area contributed by atoms with E-state index in [1.54, 1.807) is 0 Å². The van der Waals surface area contributed by atoms with Crippen LogP contribution in [0.5, 0.6) is 0 Å². The standard InChI is InChI=1S/C12H18O/c1-7-3-4-8-10(7)11(13)9-5-6-12(8,9)2/h7-10H,3-6H2,1-2H3/t7-,8+,9+,10-,12-/m0/s1. The number of hydrogen-bond donors (Lipinski definition) is 0. The lowest BCUT2D eigenvalue weighted by molar-refractivity contribution is -0.129. The number of rotatable bonds is 0. The Morgan fingerprint density at radius 1 is 1.31 bits per heavy atom. The Morgan fingerprint density at radius 2 is 2.08 bits per heavy atom. The zero-order valence-corrected chi connectivity index (χ0v) is 8.55. The van der Waals surface area contributed by atoms with Crippen LogP contribution in [0.4, 0.5) is 0 Å². The van der Waals surface area contributed by atoms with Crippen LogP contribution in [-0.4, -0.2) is 5.78 Å². The predicted molar refractivity (Wildman–Crippen MR) is 51.2 cm³/mol. The van der Waals surface area contributed by atoms with Crippen LogP contribution in [-0.2, 0) is 4.79 Å². The molecule has 0 aromatic carbocycles. The Balaban J connectivity index is 2.01. The second kappa shape index (κ2) is 2.18. The van der Waals surface area contributed by atoms with Crippen molar-refractivity contribution in [1.82, 2.24) is 0 Å². The summed E-state index contributed by atoms with van der Waals surface area (Å²) < 4.78 is 0. The van der Waals surface area contributed by atoms with Gasteiger partial charge in [0.05, 0.1) is 0 Å². The molecule has 0 aromatic rings. The van der Waals surface area contributed by atoms with Crippen molar-refractivity contribution in [3.63, 3.8) is 0 Å². The molecule has 0 radical (unpaired) electrons. The molecule has 5 atom stereocenters. The SMILES string of the molecule is C[C@H]1CC[C@@H]2[C@H]1C(=O)[C@H]1CC[C@]12C. The smallest absolute Gasteiger partial charge is 0.140 e. The quantitative estimate of drug-likeness (QED) is 0.557. The summed E-state index contributed by atoms with van der Waals surface area (Å²) in [4.78, 5) is 12.1. The molecule has 0 unspecified atom stereocenters. The molecule has 1 heteroatoms. The van der Waals surface area contributed by atoms with Gasteiger partial charge in [0.25, 0.3) is 0 Å². The first-order chi connectivity index (χ1) is 6.14. The molecule has 13 heavy (non-hydrogen) atoms. The highest BCUT2D eigenvalue weighted by atomic mass is 16.1. The van der Waals surface area contributed by atoms with Gasteiger partial charge in [0.15, 0.2) is 0 Å². The number of fused-ring (bicyclic) bond motifs is 3. The summed E-state index contributed by atoms with van der Waals surface area (Å²) in [6, 6.07) is 0. The average molecular weight is 178 g/mol. The van der Waals surface area contributed by atoms with Crippen molar-refractivity contribution >= 4 is 5.78 Å². The maximum Gasteiger partial charge on any atom is 0.140 e. The molecule has 3 saturated carbocycles. The summed E-state index contributed by atoms with van der Waals surface area (Å²) in [6.07, 6.45) is 5.13. The fraction of sp³-hybridized carbons (Fsp3) is 0.917. The molecule has 72 valence electrons. The fourth-order valence-electron chi connectivity index (χ4n) is 4.30. The van der Waals surface area contributed by atoms with Crippen molar-refractivity contribution < 1.29 is 4.79 Å². The van der Waals surface area contributed by atoms with Gasteiger partial charge in [0.1, 0.15) is 5.78 Å². The highest BCUT2D eigenvalue weighted by Gasteiger charge is 2.64. The van der Waals surface area contributed by atoms with E-state index in [4.69, 9.17) is 0 Å². The van der Waals surface area contributed by atoms with Gasteiger partial charge < -0.3 is 0 Å². The minimum Gasteiger partial charge on any atom is -0.299 e. The van der Waals surface area contributed by atoms with E-state index in [2.05, 4.69) is 13.8 Å². The Hall–Kier alpha value is -0.330. The van der Waals surface area contributed by atoms with Crippen LogP contribution in [0.1, 0.15) is 39.5 Å². The van der Waals surface area contributed by atoms with Crippen molar-refractivity contribution in [2.45, 2.75) is 39.5 Å². The summed E-state index contributed by atoms with van der Waals surface area (Å²) in [6.45, 7) is 4.64. The highest BCUT2D eigenvalue weighted by molar-refractivity contribution is 5.89. The Labute approximate surface area is 79.9 Å². The van der Waals surface area contributed by atoms with Gasteiger partial charge in [-0.2, -0.15) is 0 Å². The van der Waals surface area contributed by atoms with Gasteiger partial charge in [0.2, 0.25) is 0 Å². The summed E-state index contributed by atoms with van der Waals surface area (Å²) in [7, 11) is 0. The van der Waals surface area contributed by atoms with E-state index < -0.39 is 0 Å². The van der Waals surface area contributed by atoms with Crippen LogP contribution in [0.15, 0.2) is 0 Å². The molecule has 1 nitrogen and oxygen atoms in total. The Bertz CT molecular complexity index is 270. The van der Waals surface area contributed by atoms with Crippen LogP contribution < -0.4 is 0 Å². The summed E-state index contributed by atoms with van der Waals surface area (Å²) in [5, 5.41) is 0. The predicted octanol–water partition coefficient (Wildman–Crippen LogP) is 2.65. The van der Waals surface area contributed by atoms with Gasteiger partial charge in [-0.1, -0.05) is 13.8 Å². The average Bonchev–Trinajstić information content (AvgIpc) is 2.48. The Kier molecular flexibility index (Phi) is 1.35. The van der Waals surface area contributed by atoms with Crippen LogP contribution in [0.3, 0.4) is 0 Å². The van der Waals surface area contributed by atoms with Crippen molar-refractivity contribution in [3.8, 4) is 0 Å². The maximum atomic E-state index is 12.1. The number of carbonyl (C=O) groups excluding carboxylic acids is 1. The lowest BCUT2D eigenvalue weighted by Gasteiger charge is -2.44. The molecule has 0 aromatic heterocycles. The minimum atomic E-state index is 0.437. The number of ketones is 1. The molecule has 0 heterocycles. The third kappa shape index (κ3) is 0.730. The van der Waals surface area contributed by atoms with Crippen molar-refractivity contribution in [2.24, 2.45) is 29.1 Å². The largest absolute Gasteiger partial charge is 0.299 e. The number of hydrogen-bond acceptors (Lipinski definition) is 1. The van der Waals surface area contributed by atoms with E-state index in [1.807, 2.05) is 0 Å². The molecular formula is C12H18O. The topological polar surface area (TPSA) is 17.1 Å². The maximum absolute atomic E-state index is 12.1. The van der Waals surface area contributed by atoms with E-state index in [0.29, 0.717) is 29.0 Å². The molecule has 0 saturated heterocycles. The molecule has 0 amide bonds. The van der Waals surface area contributed by atoms with Gasteiger partial charge in [0, 0.05) is 11.8 Å². The van der Waals surface area contributed by atoms with E-state index in [1.165, 1.54) is 25.7 Å². The van der Waals surface area contributed by atoms with Gasteiger partial charge >= 0.3 is 0 Å². The summed E-state index contributed by atoms with van der Waals surface area (Å²) in [5.41, 5.74) is 0.437. The first-order valence-electron chi connectivity index (χ1n) is 5.68. The van der Waals surface area contributed by atoms with Crippen molar-refractivity contribution in [2.75, 3.05) is 0 Å². The molecule has 3 aliphatic rings. The highest BCUT2D eigenvalue weighted by Crippen LogP contribution is 2.66. The Morgan fingerprint density at radius 3 is 2.69 bits per heavy atom. The molecular weight excluding hydrogens is 160 g/mol. The van der Waals surface area contributed by atoms with Crippen molar-refractivity contribution in [3.05, 3.63) is 0 Å². The number of carbonyl (C=O) groups is 1. The molecule has 0 aliphatic heterocycles. The first kappa shape index (κ1) is 8.02. The van der Waals surface area contributed by atoms with E-state index in [0.717, 1.165) is 5.92 Å². The lowest BCUT2D eigenvalue weighted by Crippen LogP contribution is -2.39. The molecule has 0 bridgehead atoms. The second-order valence-electron chi connectivity index (χ2n) is 5.69. The zero-order chi connectivity index (χ0) is 9.22. The third-order valence-corrected chi connectivity index (χ3v) is 5.27. The zero-order valence-electron chi connectivity index (χ0n) is 8.55. The van der Waals surface area contributed by atoms with Crippen LogP contribution >= 0.6 is 0 Å². The van der Waals surface area contributed by atoms with Gasteiger partial charge in [-0.05, 0) is 42.9 Å². The fourth-order valence-corrected chi connectivity index (χ4v) is 4.30. The minimum absolute atomic E-state index is 0.437. The van der Waals surface area contributed by atoms with Gasteiger partial charge in [-0.25, -0.2) is 0 Å². The van der Waals surface area contributed by atoms with E-state index >= 15 is 0 Å². The number of Topliss-reactive ketones (excluding diaryl/α,β-unsaturated/α-hetero) is 1. The van der Waals surface area contributed by atoms with Gasteiger partial charge in [-0.15, -0.1) is 0 Å². The molecule has 0 N–H and O–H groups in total. The molecule has 3 rings (SSSR count). The van der Waals surface area contributed by atoms with Crippen molar-refractivity contribution in [1.29, 1.82) is 0 Å². The van der Waals surface area contributed by atoms with Crippen LogP contribution in [0, 0.1) is 29.1 Å². The van der Waals surface area contributed by atoms with Crippen LogP contribution in [0.25, 0.3) is 0 Å². The lowest BCUT2D eigenvalue weighted by atomic mass is 9.59. The monoisotopic (exact) mass is 178 g/mol. The molecule has 3 fully saturated rings. The molecule has 3 aliphatic carbocycles. The van der Waals surface area contributed by atoms with E-state index in [-0.39, 0.29) is 0 Å². The molecule has 0 spiro atoms. The summed E-state index contributed by atoms with van der Waals surface area (Å²) in [5.74, 6) is 2.99. The first-order valence-corrected chi connectivity index (χ1v) is 5.68. The van der Waals surface area contributed by atoms with E-state index in [9.17, 15) is 4.79 Å². The van der Waals surface area contributed by atoms with Crippen LogP contribution in [0.2, 0.25) is 0 Å². The third-order valence-electron chi connectivity index (χ3n) is 5.27. The normalized spacial score (nSPS) is 58.8. The van der Waals surface area contributed by atoms with Gasteiger partial charge in [-0.3, -0.25) is 4.79 Å². The summed E-state index contributed by atoms with van der Waals surface area (Å²) >= 11 is 0.